The lowest BCUT2D eigenvalue weighted by atomic mass is 10.2. The van der Waals surface area contributed by atoms with E-state index in [1.807, 2.05) is 27.8 Å². The third-order valence-electron chi connectivity index (χ3n) is 2.59. The highest BCUT2D eigenvalue weighted by molar-refractivity contribution is 7.91. The lowest BCUT2D eigenvalue weighted by molar-refractivity contribution is 0.538. The van der Waals surface area contributed by atoms with E-state index in [4.69, 9.17) is 0 Å². The summed E-state index contributed by atoms with van der Waals surface area (Å²) >= 11 is 0. The molecule has 3 nitrogen and oxygen atoms in total. The zero-order valence-corrected chi connectivity index (χ0v) is 10.5. The van der Waals surface area contributed by atoms with Crippen LogP contribution >= 0.6 is 0 Å². The van der Waals surface area contributed by atoms with E-state index >= 15 is 0 Å². The standard InChI is InChI=1S/C10H23NO2S/c1-5-9(3)7-14(12,13)8-10(6-2)11-4/h9-11H,5-8H2,1-4H3. The number of rotatable bonds is 7. The van der Waals surface area contributed by atoms with Crippen LogP contribution in [0.25, 0.3) is 0 Å². The van der Waals surface area contributed by atoms with Crippen molar-refractivity contribution in [3.05, 3.63) is 0 Å². The van der Waals surface area contributed by atoms with Crippen molar-refractivity contribution in [1.29, 1.82) is 0 Å². The lowest BCUT2D eigenvalue weighted by Gasteiger charge is -2.15. The minimum absolute atomic E-state index is 0.101. The Balaban J connectivity index is 4.19. The van der Waals surface area contributed by atoms with Gasteiger partial charge in [-0.2, -0.15) is 0 Å². The lowest BCUT2D eigenvalue weighted by Crippen LogP contribution is -2.34. The second-order valence-electron chi connectivity index (χ2n) is 3.98. The molecule has 2 unspecified atom stereocenters. The quantitative estimate of drug-likeness (QED) is 0.707. The second-order valence-corrected chi connectivity index (χ2v) is 6.14. The van der Waals surface area contributed by atoms with Crippen molar-refractivity contribution in [2.45, 2.75) is 39.7 Å². The van der Waals surface area contributed by atoms with Gasteiger partial charge in [-0.15, -0.1) is 0 Å². The monoisotopic (exact) mass is 221 g/mol. The van der Waals surface area contributed by atoms with Gasteiger partial charge in [0, 0.05) is 6.04 Å². The molecule has 0 saturated carbocycles. The van der Waals surface area contributed by atoms with Gasteiger partial charge in [-0.05, 0) is 19.4 Å². The SMILES string of the molecule is CCC(C)CS(=O)(=O)CC(CC)NC. The molecule has 0 aliphatic heterocycles. The normalized spacial score (nSPS) is 16.6. The van der Waals surface area contributed by atoms with Crippen LogP contribution in [0.3, 0.4) is 0 Å². The van der Waals surface area contributed by atoms with Gasteiger partial charge in [-0.1, -0.05) is 27.2 Å². The maximum absolute atomic E-state index is 11.7. The van der Waals surface area contributed by atoms with E-state index in [9.17, 15) is 8.42 Å². The molecular weight excluding hydrogens is 198 g/mol. The molecule has 14 heavy (non-hydrogen) atoms. The molecule has 4 heteroatoms. The minimum Gasteiger partial charge on any atom is -0.316 e. The van der Waals surface area contributed by atoms with Crippen molar-refractivity contribution < 1.29 is 8.42 Å². The largest absolute Gasteiger partial charge is 0.316 e. The number of nitrogens with one attached hydrogen (secondary N) is 1. The Labute approximate surface area is 88.2 Å². The van der Waals surface area contributed by atoms with Crippen LogP contribution in [0.2, 0.25) is 0 Å². The Morgan fingerprint density at radius 3 is 2.07 bits per heavy atom. The summed E-state index contributed by atoms with van der Waals surface area (Å²) in [5.41, 5.74) is 0. The topological polar surface area (TPSA) is 46.2 Å². The van der Waals surface area contributed by atoms with Gasteiger partial charge in [0.2, 0.25) is 0 Å². The molecule has 0 aliphatic rings. The molecule has 86 valence electrons. The summed E-state index contributed by atoms with van der Waals surface area (Å²) in [6, 6.07) is 0.101. The Morgan fingerprint density at radius 2 is 1.71 bits per heavy atom. The van der Waals surface area contributed by atoms with Crippen molar-refractivity contribution in [3.8, 4) is 0 Å². The van der Waals surface area contributed by atoms with Gasteiger partial charge in [-0.25, -0.2) is 8.42 Å². The van der Waals surface area contributed by atoms with E-state index in [-0.39, 0.29) is 17.7 Å². The van der Waals surface area contributed by atoms with Gasteiger partial charge in [0.05, 0.1) is 11.5 Å². The number of hydrogen-bond donors (Lipinski definition) is 1. The van der Waals surface area contributed by atoms with E-state index < -0.39 is 9.84 Å². The van der Waals surface area contributed by atoms with Crippen molar-refractivity contribution in [2.75, 3.05) is 18.6 Å². The van der Waals surface area contributed by atoms with Crippen LogP contribution in [0.15, 0.2) is 0 Å². The highest BCUT2D eigenvalue weighted by Crippen LogP contribution is 2.07. The van der Waals surface area contributed by atoms with Gasteiger partial charge in [-0.3, -0.25) is 0 Å². The zero-order valence-electron chi connectivity index (χ0n) is 9.71. The second kappa shape index (κ2) is 6.40. The zero-order chi connectivity index (χ0) is 11.2. The highest BCUT2D eigenvalue weighted by Gasteiger charge is 2.18. The Kier molecular flexibility index (Phi) is 6.36. The summed E-state index contributed by atoms with van der Waals surface area (Å²) in [4.78, 5) is 0. The smallest absolute Gasteiger partial charge is 0.152 e. The summed E-state index contributed by atoms with van der Waals surface area (Å²) in [5, 5.41) is 3.02. The van der Waals surface area contributed by atoms with Crippen LogP contribution in [-0.2, 0) is 9.84 Å². The summed E-state index contributed by atoms with van der Waals surface area (Å²) in [6.07, 6.45) is 1.78. The molecule has 0 rings (SSSR count). The minimum atomic E-state index is -2.88. The van der Waals surface area contributed by atoms with E-state index in [0.29, 0.717) is 5.75 Å². The van der Waals surface area contributed by atoms with E-state index in [2.05, 4.69) is 5.32 Å². The first-order chi connectivity index (χ1) is 6.45. The number of hydrogen-bond acceptors (Lipinski definition) is 3. The van der Waals surface area contributed by atoms with Crippen molar-refractivity contribution >= 4 is 9.84 Å². The van der Waals surface area contributed by atoms with Crippen LogP contribution in [0.1, 0.15) is 33.6 Å². The third-order valence-corrected chi connectivity index (χ3v) is 4.58. The molecule has 0 fully saturated rings. The molecule has 0 bridgehead atoms. The summed E-state index contributed by atoms with van der Waals surface area (Å²) in [6.45, 7) is 6.01. The summed E-state index contributed by atoms with van der Waals surface area (Å²) < 4.78 is 23.4. The highest BCUT2D eigenvalue weighted by atomic mass is 32.2. The first-order valence-electron chi connectivity index (χ1n) is 5.32. The molecule has 1 N–H and O–H groups in total. The van der Waals surface area contributed by atoms with Crippen LogP contribution in [0.5, 0.6) is 0 Å². The van der Waals surface area contributed by atoms with Crippen LogP contribution in [-0.4, -0.2) is 33.0 Å². The van der Waals surface area contributed by atoms with Crippen LogP contribution < -0.4 is 5.32 Å². The fraction of sp³-hybridized carbons (Fsp3) is 1.00. The average molecular weight is 221 g/mol. The molecule has 0 aromatic carbocycles. The molecule has 2 atom stereocenters. The maximum atomic E-state index is 11.7. The molecule has 0 heterocycles. The Hall–Kier alpha value is -0.0900. The number of sulfone groups is 1. The first kappa shape index (κ1) is 13.9. The predicted octanol–water partition coefficient (Wildman–Crippen LogP) is 1.45. The molecule has 0 aromatic rings. The van der Waals surface area contributed by atoms with Gasteiger partial charge in [0.1, 0.15) is 0 Å². The molecular formula is C10H23NO2S. The molecule has 0 aromatic heterocycles. The Bertz CT molecular complexity index is 233. The molecule has 0 amide bonds. The molecule has 0 aliphatic carbocycles. The van der Waals surface area contributed by atoms with Gasteiger partial charge in [0.25, 0.3) is 0 Å². The van der Waals surface area contributed by atoms with Gasteiger partial charge >= 0.3 is 0 Å². The molecule has 0 radical (unpaired) electrons. The van der Waals surface area contributed by atoms with Crippen LogP contribution in [0, 0.1) is 5.92 Å². The summed E-state index contributed by atoms with van der Waals surface area (Å²) in [7, 11) is -1.07. The van der Waals surface area contributed by atoms with E-state index in [1.165, 1.54) is 0 Å². The average Bonchev–Trinajstić information content (AvgIpc) is 2.13. The molecule has 0 spiro atoms. The molecule has 0 saturated heterocycles. The van der Waals surface area contributed by atoms with Gasteiger partial charge < -0.3 is 5.32 Å². The third kappa shape index (κ3) is 5.60. The van der Waals surface area contributed by atoms with E-state index in [1.54, 1.807) is 0 Å². The fourth-order valence-corrected chi connectivity index (χ4v) is 3.59. The van der Waals surface area contributed by atoms with Crippen molar-refractivity contribution in [3.63, 3.8) is 0 Å². The van der Waals surface area contributed by atoms with E-state index in [0.717, 1.165) is 12.8 Å². The maximum Gasteiger partial charge on any atom is 0.152 e. The van der Waals surface area contributed by atoms with Crippen LogP contribution in [0.4, 0.5) is 0 Å². The summed E-state index contributed by atoms with van der Waals surface area (Å²) in [5.74, 6) is 0.862. The predicted molar refractivity (Wildman–Crippen MR) is 61.2 cm³/mol. The Morgan fingerprint density at radius 1 is 1.14 bits per heavy atom. The van der Waals surface area contributed by atoms with Crippen molar-refractivity contribution in [1.82, 2.24) is 5.32 Å². The first-order valence-corrected chi connectivity index (χ1v) is 7.15. The van der Waals surface area contributed by atoms with Crippen molar-refractivity contribution in [2.24, 2.45) is 5.92 Å². The van der Waals surface area contributed by atoms with Gasteiger partial charge in [0.15, 0.2) is 9.84 Å². The fourth-order valence-electron chi connectivity index (χ4n) is 1.33.